The molecule has 32 heavy (non-hydrogen) atoms. The van der Waals surface area contributed by atoms with Crippen molar-refractivity contribution in [1.82, 2.24) is 20.1 Å². The largest absolute Gasteiger partial charge is 0.338 e. The van der Waals surface area contributed by atoms with Gasteiger partial charge in [0, 0.05) is 16.0 Å². The number of thioether (sulfide) groups is 1. The normalized spacial score (nSPS) is 11.3. The number of thiophene rings is 1. The minimum absolute atomic E-state index is 0.136. The summed E-state index contributed by atoms with van der Waals surface area (Å²) >= 11 is 2.90. The average Bonchev–Trinajstić information content (AvgIpc) is 3.42. The molecule has 0 aliphatic rings. The second-order valence-corrected chi connectivity index (χ2v) is 9.47. The van der Waals surface area contributed by atoms with Crippen LogP contribution in [0.1, 0.15) is 23.3 Å². The molecular formula is C24H20N4O2S2. The lowest BCUT2D eigenvalue weighted by atomic mass is 10.0. The van der Waals surface area contributed by atoms with Crippen LogP contribution in [0.25, 0.3) is 32.7 Å². The molecule has 2 aromatic carbocycles. The first-order chi connectivity index (χ1) is 15.6. The molecule has 0 aliphatic carbocycles. The van der Waals surface area contributed by atoms with E-state index in [0.717, 1.165) is 32.8 Å². The lowest BCUT2D eigenvalue weighted by Gasteiger charge is -2.02. The van der Waals surface area contributed by atoms with Crippen LogP contribution in [-0.2, 0) is 12.2 Å². The standard InChI is InChI=1S/C24H20N4O2S2/c1-3-15-9-11-17(12-10-15)21-25-18(30-28-21)13-31-24-26-22(29)20-19(14(2)32-23(20)27-24)16-7-5-4-6-8-16/h4-12H,3,13H2,1-2H3,(H,26,27,29). The Hall–Kier alpha value is -3.23. The molecule has 0 spiro atoms. The fourth-order valence-electron chi connectivity index (χ4n) is 3.57. The lowest BCUT2D eigenvalue weighted by molar-refractivity contribution is 0.391. The van der Waals surface area contributed by atoms with Crippen molar-refractivity contribution in [1.29, 1.82) is 0 Å². The van der Waals surface area contributed by atoms with Gasteiger partial charge in [-0.15, -0.1) is 11.3 Å². The van der Waals surface area contributed by atoms with Gasteiger partial charge in [-0.05, 0) is 24.5 Å². The summed E-state index contributed by atoms with van der Waals surface area (Å²) in [5.41, 5.74) is 4.01. The first kappa shape index (κ1) is 20.7. The Balaban J connectivity index is 1.37. The van der Waals surface area contributed by atoms with E-state index in [4.69, 9.17) is 4.52 Å². The van der Waals surface area contributed by atoms with Crippen molar-refractivity contribution >= 4 is 33.3 Å². The van der Waals surface area contributed by atoms with Crippen molar-refractivity contribution in [2.24, 2.45) is 0 Å². The third-order valence-electron chi connectivity index (χ3n) is 5.20. The summed E-state index contributed by atoms with van der Waals surface area (Å²) in [7, 11) is 0. The summed E-state index contributed by atoms with van der Waals surface area (Å²) < 4.78 is 5.40. The minimum atomic E-state index is -0.136. The van der Waals surface area contributed by atoms with Crippen LogP contribution in [0.5, 0.6) is 0 Å². The molecule has 0 radical (unpaired) electrons. The average molecular weight is 461 g/mol. The Morgan fingerprint density at radius 1 is 1.03 bits per heavy atom. The molecule has 1 N–H and O–H groups in total. The highest BCUT2D eigenvalue weighted by Gasteiger charge is 2.17. The second kappa shape index (κ2) is 8.72. The molecule has 5 rings (SSSR count). The predicted octanol–water partition coefficient (Wildman–Crippen LogP) is 5.86. The van der Waals surface area contributed by atoms with Gasteiger partial charge in [0.05, 0.1) is 11.1 Å². The molecule has 0 atom stereocenters. The van der Waals surface area contributed by atoms with Gasteiger partial charge in [-0.3, -0.25) is 4.79 Å². The quantitative estimate of drug-likeness (QED) is 0.252. The van der Waals surface area contributed by atoms with Gasteiger partial charge in [-0.25, -0.2) is 4.98 Å². The zero-order valence-corrected chi connectivity index (χ0v) is 19.2. The molecule has 0 saturated heterocycles. The molecule has 0 fully saturated rings. The third kappa shape index (κ3) is 3.99. The van der Waals surface area contributed by atoms with Gasteiger partial charge >= 0.3 is 0 Å². The number of rotatable bonds is 6. The Kier molecular flexibility index (Phi) is 5.63. The highest BCUT2D eigenvalue weighted by Crippen LogP contribution is 2.36. The zero-order chi connectivity index (χ0) is 22.1. The van der Waals surface area contributed by atoms with E-state index in [0.29, 0.717) is 28.0 Å². The number of hydrogen-bond donors (Lipinski definition) is 1. The van der Waals surface area contributed by atoms with Crippen LogP contribution in [0.4, 0.5) is 0 Å². The van der Waals surface area contributed by atoms with Crippen LogP contribution in [0.15, 0.2) is 69.1 Å². The molecule has 0 amide bonds. The highest BCUT2D eigenvalue weighted by molar-refractivity contribution is 7.98. The Morgan fingerprint density at radius 2 is 1.81 bits per heavy atom. The van der Waals surface area contributed by atoms with Gasteiger partial charge in [-0.1, -0.05) is 78.4 Å². The number of nitrogens with zero attached hydrogens (tertiary/aromatic N) is 3. The summed E-state index contributed by atoms with van der Waals surface area (Å²) in [6.07, 6.45) is 0.987. The van der Waals surface area contributed by atoms with Gasteiger partial charge in [0.1, 0.15) is 4.83 Å². The number of hydrogen-bond acceptors (Lipinski definition) is 7. The van der Waals surface area contributed by atoms with E-state index in [9.17, 15) is 4.79 Å². The highest BCUT2D eigenvalue weighted by atomic mass is 32.2. The van der Waals surface area contributed by atoms with Crippen molar-refractivity contribution in [3.63, 3.8) is 0 Å². The summed E-state index contributed by atoms with van der Waals surface area (Å²) in [6, 6.07) is 18.1. The van der Waals surface area contributed by atoms with E-state index >= 15 is 0 Å². The van der Waals surface area contributed by atoms with Crippen molar-refractivity contribution < 1.29 is 4.52 Å². The molecule has 0 unspecified atom stereocenters. The van der Waals surface area contributed by atoms with Crippen LogP contribution in [0.2, 0.25) is 0 Å². The molecule has 8 heteroatoms. The Labute approximate surface area is 192 Å². The number of benzene rings is 2. The van der Waals surface area contributed by atoms with Gasteiger partial charge in [0.15, 0.2) is 5.16 Å². The molecule has 5 aromatic rings. The van der Waals surface area contributed by atoms with Gasteiger partial charge in [0.2, 0.25) is 11.7 Å². The molecule has 3 aromatic heterocycles. The van der Waals surface area contributed by atoms with E-state index in [2.05, 4.69) is 39.2 Å². The summed E-state index contributed by atoms with van der Waals surface area (Å²) in [5.74, 6) is 1.46. The molecule has 3 heterocycles. The first-order valence-corrected chi connectivity index (χ1v) is 12.1. The van der Waals surface area contributed by atoms with Crippen molar-refractivity contribution in [2.45, 2.75) is 31.2 Å². The molecule has 6 nitrogen and oxygen atoms in total. The van der Waals surface area contributed by atoms with Gasteiger partial charge in [-0.2, -0.15) is 4.98 Å². The third-order valence-corrected chi connectivity index (χ3v) is 7.06. The molecule has 0 bridgehead atoms. The first-order valence-electron chi connectivity index (χ1n) is 10.3. The minimum Gasteiger partial charge on any atom is -0.338 e. The maximum Gasteiger partial charge on any atom is 0.260 e. The Bertz CT molecular complexity index is 1440. The SMILES string of the molecule is CCc1ccc(-c2noc(CSc3nc4sc(C)c(-c5ccccc5)c4c(=O)[nH]3)n2)cc1. The number of aromatic amines is 1. The fraction of sp³-hybridized carbons (Fsp3) is 0.167. The van der Waals surface area contributed by atoms with E-state index in [1.165, 1.54) is 28.7 Å². The number of nitrogens with one attached hydrogen (secondary N) is 1. The van der Waals surface area contributed by atoms with Crippen LogP contribution in [0.3, 0.4) is 0 Å². The van der Waals surface area contributed by atoms with E-state index in [1.807, 2.05) is 49.4 Å². The van der Waals surface area contributed by atoms with E-state index < -0.39 is 0 Å². The Morgan fingerprint density at radius 3 is 2.56 bits per heavy atom. The topological polar surface area (TPSA) is 84.7 Å². The van der Waals surface area contributed by atoms with Gasteiger partial charge in [0.25, 0.3) is 5.56 Å². The van der Waals surface area contributed by atoms with Crippen molar-refractivity contribution in [3.05, 3.63) is 81.3 Å². The molecule has 0 saturated carbocycles. The maximum absolute atomic E-state index is 12.9. The number of aryl methyl sites for hydroxylation is 2. The van der Waals surface area contributed by atoms with Crippen LogP contribution < -0.4 is 5.56 Å². The monoisotopic (exact) mass is 460 g/mol. The van der Waals surface area contributed by atoms with Crippen LogP contribution in [-0.4, -0.2) is 20.1 Å². The van der Waals surface area contributed by atoms with Crippen molar-refractivity contribution in [2.75, 3.05) is 0 Å². The lowest BCUT2D eigenvalue weighted by Crippen LogP contribution is -2.08. The smallest absolute Gasteiger partial charge is 0.260 e. The number of aromatic nitrogens is 4. The molecular weight excluding hydrogens is 440 g/mol. The summed E-state index contributed by atoms with van der Waals surface area (Å²) in [5, 5.41) is 5.26. The number of H-pyrrole nitrogens is 1. The maximum atomic E-state index is 12.9. The molecule has 160 valence electrons. The van der Waals surface area contributed by atoms with E-state index in [-0.39, 0.29) is 5.56 Å². The summed E-state index contributed by atoms with van der Waals surface area (Å²) in [6.45, 7) is 4.14. The van der Waals surface area contributed by atoms with Crippen LogP contribution in [0, 0.1) is 6.92 Å². The van der Waals surface area contributed by atoms with Crippen LogP contribution >= 0.6 is 23.1 Å². The predicted molar refractivity (Wildman–Crippen MR) is 129 cm³/mol. The van der Waals surface area contributed by atoms with Crippen molar-refractivity contribution in [3.8, 4) is 22.5 Å². The molecule has 0 aliphatic heterocycles. The number of fused-ring (bicyclic) bond motifs is 1. The van der Waals surface area contributed by atoms with Gasteiger partial charge < -0.3 is 9.51 Å². The second-order valence-electron chi connectivity index (χ2n) is 7.30. The zero-order valence-electron chi connectivity index (χ0n) is 17.6. The summed E-state index contributed by atoms with van der Waals surface area (Å²) in [4.78, 5) is 26.8. The fourth-order valence-corrected chi connectivity index (χ4v) is 5.37. The van der Waals surface area contributed by atoms with E-state index in [1.54, 1.807) is 0 Å².